The maximum absolute atomic E-state index is 12.4. The zero-order chi connectivity index (χ0) is 18.8. The van der Waals surface area contributed by atoms with Crippen LogP contribution in [0.2, 0.25) is 0 Å². The fourth-order valence-corrected chi connectivity index (χ4v) is 4.63. The fraction of sp³-hybridized carbons (Fsp3) is 0.450. The molecular weight excluding hydrogens is 358 g/mol. The van der Waals surface area contributed by atoms with E-state index < -0.39 is 0 Å². The molecule has 7 heteroatoms. The SMILES string of the molecule is Cc1ccc2nc(NC(=O)CN3CCC(Cn4ccnc4C)CC3)sc2c1. The Labute approximate surface area is 163 Å². The lowest BCUT2D eigenvalue weighted by Gasteiger charge is -2.31. The number of fused-ring (bicyclic) bond motifs is 1. The minimum Gasteiger partial charge on any atom is -0.335 e. The van der Waals surface area contributed by atoms with Gasteiger partial charge in [0.15, 0.2) is 5.13 Å². The third-order valence-electron chi connectivity index (χ3n) is 5.24. The second kappa shape index (κ2) is 7.78. The van der Waals surface area contributed by atoms with Crippen LogP contribution in [0.25, 0.3) is 10.2 Å². The number of likely N-dealkylation sites (tertiary alicyclic amines) is 1. The lowest BCUT2D eigenvalue weighted by molar-refractivity contribution is -0.117. The zero-order valence-corrected chi connectivity index (χ0v) is 16.6. The van der Waals surface area contributed by atoms with Crippen LogP contribution in [-0.2, 0) is 11.3 Å². The summed E-state index contributed by atoms with van der Waals surface area (Å²) in [5.41, 5.74) is 2.15. The molecule has 142 valence electrons. The first-order chi connectivity index (χ1) is 13.1. The zero-order valence-electron chi connectivity index (χ0n) is 15.8. The third kappa shape index (κ3) is 4.36. The number of carbonyl (C=O) groups is 1. The van der Waals surface area contributed by atoms with Crippen molar-refractivity contribution in [2.24, 2.45) is 5.92 Å². The molecule has 0 saturated carbocycles. The van der Waals surface area contributed by atoms with Crippen molar-refractivity contribution in [1.82, 2.24) is 19.4 Å². The molecule has 1 aliphatic heterocycles. The van der Waals surface area contributed by atoms with E-state index in [-0.39, 0.29) is 5.91 Å². The summed E-state index contributed by atoms with van der Waals surface area (Å²) in [6.45, 7) is 7.50. The van der Waals surface area contributed by atoms with E-state index in [0.717, 1.165) is 48.5 Å². The summed E-state index contributed by atoms with van der Waals surface area (Å²) >= 11 is 1.54. The molecule has 0 atom stereocenters. The summed E-state index contributed by atoms with van der Waals surface area (Å²) in [5.74, 6) is 1.75. The Hall–Kier alpha value is -2.25. The first kappa shape index (κ1) is 18.1. The molecule has 1 fully saturated rings. The Balaban J connectivity index is 1.27. The Morgan fingerprint density at radius 1 is 1.30 bits per heavy atom. The molecule has 1 aromatic carbocycles. The van der Waals surface area contributed by atoms with Crippen LogP contribution in [-0.4, -0.2) is 45.0 Å². The van der Waals surface area contributed by atoms with Crippen molar-refractivity contribution >= 4 is 32.6 Å². The molecule has 27 heavy (non-hydrogen) atoms. The lowest BCUT2D eigenvalue weighted by Crippen LogP contribution is -2.40. The standard InChI is InChI=1S/C20H25N5OS/c1-14-3-4-17-18(11-14)27-20(22-17)23-19(26)13-24-8-5-16(6-9-24)12-25-10-7-21-15(25)2/h3-4,7,10-11,16H,5-6,8-9,12-13H2,1-2H3,(H,22,23,26). The normalized spacial score (nSPS) is 16.1. The Bertz CT molecular complexity index is 939. The number of aromatic nitrogens is 3. The van der Waals surface area contributed by atoms with Gasteiger partial charge in [-0.3, -0.25) is 9.69 Å². The predicted molar refractivity (Wildman–Crippen MR) is 109 cm³/mol. The Morgan fingerprint density at radius 3 is 2.85 bits per heavy atom. The van der Waals surface area contributed by atoms with Crippen LogP contribution in [0.15, 0.2) is 30.6 Å². The quantitative estimate of drug-likeness (QED) is 0.733. The number of imidazole rings is 1. The Kier molecular flexibility index (Phi) is 5.22. The molecule has 4 rings (SSSR count). The molecule has 6 nitrogen and oxygen atoms in total. The van der Waals surface area contributed by atoms with E-state index in [4.69, 9.17) is 0 Å². The van der Waals surface area contributed by atoms with E-state index in [1.165, 1.54) is 16.9 Å². The smallest absolute Gasteiger partial charge is 0.240 e. The predicted octanol–water partition coefficient (Wildman–Crippen LogP) is 3.46. The van der Waals surface area contributed by atoms with Gasteiger partial charge >= 0.3 is 0 Å². The van der Waals surface area contributed by atoms with Crippen molar-refractivity contribution in [3.63, 3.8) is 0 Å². The number of hydrogen-bond acceptors (Lipinski definition) is 5. The number of amides is 1. The number of thiazole rings is 1. The van der Waals surface area contributed by atoms with Gasteiger partial charge in [0.25, 0.3) is 0 Å². The van der Waals surface area contributed by atoms with Gasteiger partial charge in [-0.25, -0.2) is 9.97 Å². The molecule has 0 bridgehead atoms. The molecule has 3 heterocycles. The first-order valence-electron chi connectivity index (χ1n) is 9.44. The van der Waals surface area contributed by atoms with E-state index in [1.54, 1.807) is 0 Å². The number of anilines is 1. The second-order valence-electron chi connectivity index (χ2n) is 7.38. The summed E-state index contributed by atoms with van der Waals surface area (Å²) in [4.78, 5) is 23.4. The molecule has 0 aliphatic carbocycles. The van der Waals surface area contributed by atoms with Gasteiger partial charge in [0, 0.05) is 18.9 Å². The number of aryl methyl sites for hydroxylation is 2. The molecule has 0 unspecified atom stereocenters. The number of benzene rings is 1. The Morgan fingerprint density at radius 2 is 2.11 bits per heavy atom. The van der Waals surface area contributed by atoms with E-state index in [1.807, 2.05) is 25.3 Å². The monoisotopic (exact) mass is 383 g/mol. The summed E-state index contributed by atoms with van der Waals surface area (Å²) in [7, 11) is 0. The molecule has 1 aliphatic rings. The van der Waals surface area contributed by atoms with Crippen molar-refractivity contribution in [3.8, 4) is 0 Å². The number of carbonyl (C=O) groups excluding carboxylic acids is 1. The van der Waals surface area contributed by atoms with Gasteiger partial charge in [0.2, 0.25) is 5.91 Å². The second-order valence-corrected chi connectivity index (χ2v) is 8.42. The first-order valence-corrected chi connectivity index (χ1v) is 10.3. The molecule has 1 saturated heterocycles. The molecule has 1 amide bonds. The highest BCUT2D eigenvalue weighted by atomic mass is 32.1. The number of hydrogen-bond donors (Lipinski definition) is 1. The van der Waals surface area contributed by atoms with Gasteiger partial charge in [-0.2, -0.15) is 0 Å². The van der Waals surface area contributed by atoms with Crippen LogP contribution in [0, 0.1) is 19.8 Å². The van der Waals surface area contributed by atoms with E-state index in [2.05, 4.69) is 43.9 Å². The van der Waals surface area contributed by atoms with E-state index in [0.29, 0.717) is 17.6 Å². The van der Waals surface area contributed by atoms with Gasteiger partial charge in [-0.05, 0) is 63.4 Å². The highest BCUT2D eigenvalue weighted by Gasteiger charge is 2.22. The summed E-state index contributed by atoms with van der Waals surface area (Å²) in [5, 5.41) is 3.65. The van der Waals surface area contributed by atoms with Gasteiger partial charge in [0.1, 0.15) is 5.82 Å². The average molecular weight is 384 g/mol. The number of rotatable bonds is 5. The molecule has 3 aromatic rings. The molecule has 0 radical (unpaired) electrons. The van der Waals surface area contributed by atoms with E-state index in [9.17, 15) is 4.79 Å². The number of nitrogens with zero attached hydrogens (tertiary/aromatic N) is 4. The molecule has 1 N–H and O–H groups in total. The van der Waals surface area contributed by atoms with E-state index >= 15 is 0 Å². The van der Waals surface area contributed by atoms with Crippen LogP contribution >= 0.6 is 11.3 Å². The van der Waals surface area contributed by atoms with Crippen molar-refractivity contribution < 1.29 is 4.79 Å². The van der Waals surface area contributed by atoms with Crippen LogP contribution in [0.4, 0.5) is 5.13 Å². The number of nitrogens with one attached hydrogen (secondary N) is 1. The van der Waals surface area contributed by atoms with Gasteiger partial charge in [-0.1, -0.05) is 17.4 Å². The van der Waals surface area contributed by atoms with Crippen molar-refractivity contribution in [3.05, 3.63) is 42.0 Å². The maximum Gasteiger partial charge on any atom is 0.240 e. The topological polar surface area (TPSA) is 63.1 Å². The fourth-order valence-electron chi connectivity index (χ4n) is 3.65. The van der Waals surface area contributed by atoms with Gasteiger partial charge in [0.05, 0.1) is 16.8 Å². The average Bonchev–Trinajstić information content (AvgIpc) is 3.21. The minimum absolute atomic E-state index is 0.0229. The van der Waals surface area contributed by atoms with Gasteiger partial charge < -0.3 is 9.88 Å². The molecule has 2 aromatic heterocycles. The number of piperidine rings is 1. The highest BCUT2D eigenvalue weighted by Crippen LogP contribution is 2.26. The molecular formula is C20H25N5OS. The van der Waals surface area contributed by atoms with Crippen LogP contribution in [0.3, 0.4) is 0 Å². The minimum atomic E-state index is 0.0229. The largest absolute Gasteiger partial charge is 0.335 e. The van der Waals surface area contributed by atoms with Gasteiger partial charge in [-0.15, -0.1) is 0 Å². The van der Waals surface area contributed by atoms with Crippen molar-refractivity contribution in [2.75, 3.05) is 25.0 Å². The van der Waals surface area contributed by atoms with Crippen LogP contribution in [0.1, 0.15) is 24.2 Å². The van der Waals surface area contributed by atoms with Crippen LogP contribution < -0.4 is 5.32 Å². The third-order valence-corrected chi connectivity index (χ3v) is 6.18. The van der Waals surface area contributed by atoms with Crippen molar-refractivity contribution in [2.45, 2.75) is 33.2 Å². The maximum atomic E-state index is 12.4. The highest BCUT2D eigenvalue weighted by molar-refractivity contribution is 7.22. The summed E-state index contributed by atoms with van der Waals surface area (Å²) in [6.07, 6.45) is 6.14. The van der Waals surface area contributed by atoms with Crippen molar-refractivity contribution in [1.29, 1.82) is 0 Å². The summed E-state index contributed by atoms with van der Waals surface area (Å²) in [6, 6.07) is 6.15. The van der Waals surface area contributed by atoms with Crippen LogP contribution in [0.5, 0.6) is 0 Å². The summed E-state index contributed by atoms with van der Waals surface area (Å²) < 4.78 is 3.34. The molecule has 0 spiro atoms. The lowest BCUT2D eigenvalue weighted by atomic mass is 9.96.